The van der Waals surface area contributed by atoms with Gasteiger partial charge in [0.25, 0.3) is 0 Å². The van der Waals surface area contributed by atoms with E-state index in [0.717, 1.165) is 43.4 Å². The number of hydrogen-bond acceptors (Lipinski definition) is 3. The zero-order valence-corrected chi connectivity index (χ0v) is 14.8. The maximum atomic E-state index is 12.9. The van der Waals surface area contributed by atoms with Crippen LogP contribution >= 0.6 is 0 Å². The second-order valence-corrected chi connectivity index (χ2v) is 8.30. The van der Waals surface area contributed by atoms with Crippen LogP contribution in [0.3, 0.4) is 0 Å². The molecule has 0 amide bonds. The standard InChI is InChI=1S/C19H24N2O2S/c1-3-6-15(2)24(22,23)19-14-21(13-16-9-11-20-12-10-16)18-8-5-4-7-17(18)19/h3-8,14,16,20H,2,9-13H2,1H3/b6-3-. The van der Waals surface area contributed by atoms with Gasteiger partial charge >= 0.3 is 0 Å². The van der Waals surface area contributed by atoms with Crippen molar-refractivity contribution in [3.63, 3.8) is 0 Å². The van der Waals surface area contributed by atoms with Crippen molar-refractivity contribution in [2.45, 2.75) is 31.2 Å². The van der Waals surface area contributed by atoms with E-state index in [1.54, 1.807) is 25.3 Å². The van der Waals surface area contributed by atoms with Crippen LogP contribution in [0.15, 0.2) is 59.0 Å². The van der Waals surface area contributed by atoms with Crippen molar-refractivity contribution >= 4 is 20.7 Å². The fourth-order valence-corrected chi connectivity index (χ4v) is 4.66. The van der Waals surface area contributed by atoms with Gasteiger partial charge in [-0.3, -0.25) is 0 Å². The molecule has 5 heteroatoms. The minimum absolute atomic E-state index is 0.134. The molecular formula is C19H24N2O2S. The zero-order valence-electron chi connectivity index (χ0n) is 14.0. The van der Waals surface area contributed by atoms with E-state index in [1.165, 1.54) is 0 Å². The lowest BCUT2D eigenvalue weighted by atomic mass is 9.98. The van der Waals surface area contributed by atoms with Gasteiger partial charge in [0.1, 0.15) is 0 Å². The first kappa shape index (κ1) is 17.0. The number of allylic oxidation sites excluding steroid dienone is 2. The molecule has 0 aliphatic carbocycles. The van der Waals surface area contributed by atoms with E-state index < -0.39 is 9.84 Å². The quantitative estimate of drug-likeness (QED) is 0.845. The molecule has 1 aliphatic heterocycles. The molecule has 1 aromatic carbocycles. The number of benzene rings is 1. The monoisotopic (exact) mass is 344 g/mol. The summed E-state index contributed by atoms with van der Waals surface area (Å²) in [5.41, 5.74) is 0.975. The molecule has 1 N–H and O–H groups in total. The van der Waals surface area contributed by atoms with Crippen LogP contribution in [0.2, 0.25) is 0 Å². The molecule has 1 aliphatic rings. The van der Waals surface area contributed by atoms with E-state index in [0.29, 0.717) is 10.8 Å². The number of nitrogens with zero attached hydrogens (tertiary/aromatic N) is 1. The van der Waals surface area contributed by atoms with Gasteiger partial charge in [-0.25, -0.2) is 8.42 Å². The van der Waals surface area contributed by atoms with Crippen LogP contribution in [-0.2, 0) is 16.4 Å². The van der Waals surface area contributed by atoms with E-state index in [9.17, 15) is 8.42 Å². The summed E-state index contributed by atoms with van der Waals surface area (Å²) in [5, 5.41) is 4.15. The largest absolute Gasteiger partial charge is 0.346 e. The first-order valence-corrected chi connectivity index (χ1v) is 9.87. The number of aromatic nitrogens is 1. The Labute approximate surface area is 143 Å². The Morgan fingerprint density at radius 2 is 2.04 bits per heavy atom. The molecule has 0 saturated carbocycles. The third-order valence-electron chi connectivity index (χ3n) is 4.65. The zero-order chi connectivity index (χ0) is 17.2. The van der Waals surface area contributed by atoms with Crippen molar-refractivity contribution in [1.82, 2.24) is 9.88 Å². The van der Waals surface area contributed by atoms with E-state index >= 15 is 0 Å². The maximum Gasteiger partial charge on any atom is 0.208 e. The van der Waals surface area contributed by atoms with Crippen molar-refractivity contribution in [3.8, 4) is 0 Å². The van der Waals surface area contributed by atoms with E-state index in [2.05, 4.69) is 16.5 Å². The van der Waals surface area contributed by atoms with Gasteiger partial charge in [0.2, 0.25) is 9.84 Å². The summed E-state index contributed by atoms with van der Waals surface area (Å²) in [4.78, 5) is 0.491. The highest BCUT2D eigenvalue weighted by Gasteiger charge is 2.24. The molecule has 0 spiro atoms. The van der Waals surface area contributed by atoms with Gasteiger partial charge in [-0.2, -0.15) is 0 Å². The average molecular weight is 344 g/mol. The van der Waals surface area contributed by atoms with E-state index in [4.69, 9.17) is 0 Å². The molecule has 0 unspecified atom stereocenters. The Morgan fingerprint density at radius 1 is 1.33 bits per heavy atom. The van der Waals surface area contributed by atoms with Gasteiger partial charge in [0.05, 0.1) is 9.80 Å². The molecule has 24 heavy (non-hydrogen) atoms. The van der Waals surface area contributed by atoms with Crippen molar-refractivity contribution in [2.24, 2.45) is 5.92 Å². The Kier molecular flexibility index (Phi) is 4.92. The topological polar surface area (TPSA) is 51.1 Å². The lowest BCUT2D eigenvalue weighted by Gasteiger charge is -2.23. The second-order valence-electron chi connectivity index (χ2n) is 6.33. The summed E-state index contributed by atoms with van der Waals surface area (Å²) in [6, 6.07) is 7.71. The predicted molar refractivity (Wildman–Crippen MR) is 98.7 cm³/mol. The summed E-state index contributed by atoms with van der Waals surface area (Å²) in [6.45, 7) is 8.45. The van der Waals surface area contributed by atoms with Crippen molar-refractivity contribution in [3.05, 3.63) is 54.1 Å². The Morgan fingerprint density at radius 3 is 2.75 bits per heavy atom. The molecule has 2 aromatic rings. The molecule has 1 fully saturated rings. The molecule has 1 saturated heterocycles. The molecule has 2 heterocycles. The Hall–Kier alpha value is -1.85. The van der Waals surface area contributed by atoms with Gasteiger partial charge in [-0.15, -0.1) is 0 Å². The summed E-state index contributed by atoms with van der Waals surface area (Å²) < 4.78 is 27.8. The van der Waals surface area contributed by atoms with Crippen LogP contribution < -0.4 is 5.32 Å². The summed E-state index contributed by atoms with van der Waals surface area (Å²) >= 11 is 0. The molecule has 3 rings (SSSR count). The van der Waals surface area contributed by atoms with Crippen molar-refractivity contribution in [2.75, 3.05) is 13.1 Å². The molecule has 1 aromatic heterocycles. The first-order chi connectivity index (χ1) is 11.5. The minimum Gasteiger partial charge on any atom is -0.346 e. The third-order valence-corrected chi connectivity index (χ3v) is 6.38. The number of sulfone groups is 1. The molecule has 0 radical (unpaired) electrons. The van der Waals surface area contributed by atoms with E-state index in [1.807, 2.05) is 24.3 Å². The van der Waals surface area contributed by atoms with Gasteiger partial charge in [-0.1, -0.05) is 30.9 Å². The number of piperidine rings is 1. The van der Waals surface area contributed by atoms with Crippen LogP contribution in [0.1, 0.15) is 19.8 Å². The minimum atomic E-state index is -3.56. The fraction of sp³-hybridized carbons (Fsp3) is 0.368. The second kappa shape index (κ2) is 6.95. The SMILES string of the molecule is C=C(/C=C\C)S(=O)(=O)c1cn(CC2CCNCC2)c2ccccc12. The smallest absolute Gasteiger partial charge is 0.208 e. The summed E-state index contributed by atoms with van der Waals surface area (Å²) in [5.74, 6) is 0.580. The highest BCUT2D eigenvalue weighted by atomic mass is 32.2. The molecule has 0 bridgehead atoms. The van der Waals surface area contributed by atoms with Crippen molar-refractivity contribution < 1.29 is 8.42 Å². The molecule has 4 nitrogen and oxygen atoms in total. The third kappa shape index (κ3) is 3.19. The number of para-hydroxylation sites is 1. The van der Waals surface area contributed by atoms with Gasteiger partial charge in [0.15, 0.2) is 0 Å². The summed E-state index contributed by atoms with van der Waals surface area (Å²) in [6.07, 6.45) is 7.29. The van der Waals surface area contributed by atoms with Crippen LogP contribution in [0.4, 0.5) is 0 Å². The summed E-state index contributed by atoms with van der Waals surface area (Å²) in [7, 11) is -3.56. The Balaban J connectivity index is 2.05. The van der Waals surface area contributed by atoms with Crippen LogP contribution in [0.5, 0.6) is 0 Å². The van der Waals surface area contributed by atoms with Gasteiger partial charge < -0.3 is 9.88 Å². The highest BCUT2D eigenvalue weighted by molar-refractivity contribution is 7.95. The highest BCUT2D eigenvalue weighted by Crippen LogP contribution is 2.30. The maximum absolute atomic E-state index is 12.9. The fourth-order valence-electron chi connectivity index (χ4n) is 3.34. The predicted octanol–water partition coefficient (Wildman–Crippen LogP) is 3.50. The lowest BCUT2D eigenvalue weighted by molar-refractivity contribution is 0.336. The first-order valence-electron chi connectivity index (χ1n) is 8.39. The van der Waals surface area contributed by atoms with Crippen molar-refractivity contribution in [1.29, 1.82) is 0 Å². The molecule has 128 valence electrons. The van der Waals surface area contributed by atoms with Crippen LogP contribution in [-0.4, -0.2) is 26.1 Å². The van der Waals surface area contributed by atoms with Crippen LogP contribution in [0, 0.1) is 5.92 Å². The van der Waals surface area contributed by atoms with Gasteiger partial charge in [0, 0.05) is 23.6 Å². The average Bonchev–Trinajstić information content (AvgIpc) is 2.96. The number of fused-ring (bicyclic) bond motifs is 1. The van der Waals surface area contributed by atoms with E-state index in [-0.39, 0.29) is 4.91 Å². The molecule has 0 atom stereocenters. The molecular weight excluding hydrogens is 320 g/mol. The number of rotatable bonds is 5. The normalized spacial score (nSPS) is 16.9. The lowest BCUT2D eigenvalue weighted by Crippen LogP contribution is -2.29. The number of nitrogens with one attached hydrogen (secondary N) is 1. The van der Waals surface area contributed by atoms with Crippen LogP contribution in [0.25, 0.3) is 10.9 Å². The Bertz CT molecular complexity index is 872. The van der Waals surface area contributed by atoms with Gasteiger partial charge in [-0.05, 0) is 50.9 Å². The number of hydrogen-bond donors (Lipinski definition) is 1.